The zero-order chi connectivity index (χ0) is 21.8. The van der Waals surface area contributed by atoms with Gasteiger partial charge >= 0.3 is 5.97 Å². The van der Waals surface area contributed by atoms with Crippen LogP contribution in [0.15, 0.2) is 54.7 Å². The average Bonchev–Trinajstić information content (AvgIpc) is 3.38. The molecule has 160 valence electrons. The molecule has 2 amide bonds. The molecule has 4 rings (SSSR count). The molecule has 7 nitrogen and oxygen atoms in total. The number of benzene rings is 2. The van der Waals surface area contributed by atoms with E-state index in [4.69, 9.17) is 4.74 Å². The highest BCUT2D eigenvalue weighted by Gasteiger charge is 2.35. The zero-order valence-corrected chi connectivity index (χ0v) is 17.4. The third kappa shape index (κ3) is 4.45. The molecule has 2 N–H and O–H groups in total. The molecule has 0 radical (unpaired) electrons. The second-order valence-electron chi connectivity index (χ2n) is 7.57. The average molecular weight is 419 g/mol. The summed E-state index contributed by atoms with van der Waals surface area (Å²) in [4.78, 5) is 41.7. The monoisotopic (exact) mass is 419 g/mol. The van der Waals surface area contributed by atoms with E-state index in [2.05, 4.69) is 16.4 Å². The zero-order valence-electron chi connectivity index (χ0n) is 17.4. The Kier molecular flexibility index (Phi) is 6.02. The Labute approximate surface area is 180 Å². The highest BCUT2D eigenvalue weighted by molar-refractivity contribution is 6.00. The van der Waals surface area contributed by atoms with Gasteiger partial charge in [0, 0.05) is 42.3 Å². The first kappa shape index (κ1) is 20.7. The van der Waals surface area contributed by atoms with Crippen LogP contribution >= 0.6 is 0 Å². The molecule has 2 aromatic carbocycles. The number of aromatic amines is 1. The minimum atomic E-state index is -0.394. The number of para-hydroxylation sites is 1. The third-order valence-corrected chi connectivity index (χ3v) is 5.55. The highest BCUT2D eigenvalue weighted by atomic mass is 16.5. The summed E-state index contributed by atoms with van der Waals surface area (Å²) < 4.78 is 4.98. The summed E-state index contributed by atoms with van der Waals surface area (Å²) >= 11 is 0. The maximum absolute atomic E-state index is 12.6. The summed E-state index contributed by atoms with van der Waals surface area (Å²) in [6.45, 7) is 2.90. The van der Waals surface area contributed by atoms with Crippen molar-refractivity contribution in [3.05, 3.63) is 65.9 Å². The summed E-state index contributed by atoms with van der Waals surface area (Å²) in [5.74, 6) is -0.992. The molecule has 3 aromatic rings. The lowest BCUT2D eigenvalue weighted by Crippen LogP contribution is -2.34. The number of rotatable bonds is 7. The number of aromatic nitrogens is 1. The fourth-order valence-electron chi connectivity index (χ4n) is 3.93. The molecule has 31 heavy (non-hydrogen) atoms. The van der Waals surface area contributed by atoms with Crippen molar-refractivity contribution in [2.45, 2.75) is 19.8 Å². The lowest BCUT2D eigenvalue weighted by atomic mass is 10.1. The molecule has 1 fully saturated rings. The number of hydrogen-bond donors (Lipinski definition) is 2. The van der Waals surface area contributed by atoms with Gasteiger partial charge in [-0.1, -0.05) is 18.2 Å². The van der Waals surface area contributed by atoms with Crippen LogP contribution in [0.3, 0.4) is 0 Å². The molecule has 7 heteroatoms. The third-order valence-electron chi connectivity index (χ3n) is 5.55. The first-order valence-corrected chi connectivity index (χ1v) is 10.5. The topological polar surface area (TPSA) is 91.5 Å². The summed E-state index contributed by atoms with van der Waals surface area (Å²) in [6.07, 6.45) is 2.87. The molecule has 1 aromatic heterocycles. The van der Waals surface area contributed by atoms with E-state index < -0.39 is 5.97 Å². The number of nitrogens with zero attached hydrogens (tertiary/aromatic N) is 1. The predicted molar refractivity (Wildman–Crippen MR) is 118 cm³/mol. The van der Waals surface area contributed by atoms with Gasteiger partial charge in [0.1, 0.15) is 0 Å². The largest absolute Gasteiger partial charge is 0.462 e. The van der Waals surface area contributed by atoms with Gasteiger partial charge in [0.25, 0.3) is 0 Å². The first-order chi connectivity index (χ1) is 15.1. The molecule has 1 atom stereocenters. The van der Waals surface area contributed by atoms with Gasteiger partial charge in [-0.3, -0.25) is 9.59 Å². The molecule has 1 saturated heterocycles. The molecule has 0 bridgehead atoms. The molecule has 1 unspecified atom stereocenters. The minimum Gasteiger partial charge on any atom is -0.462 e. The number of fused-ring (bicyclic) bond motifs is 1. The van der Waals surface area contributed by atoms with Crippen LogP contribution in [0.25, 0.3) is 10.9 Å². The van der Waals surface area contributed by atoms with Crippen molar-refractivity contribution in [1.82, 2.24) is 10.3 Å². The first-order valence-electron chi connectivity index (χ1n) is 10.5. The van der Waals surface area contributed by atoms with E-state index in [9.17, 15) is 14.4 Å². The van der Waals surface area contributed by atoms with Gasteiger partial charge in [0.2, 0.25) is 11.8 Å². The molecule has 1 aliphatic rings. The predicted octanol–water partition coefficient (Wildman–Crippen LogP) is 3.06. The van der Waals surface area contributed by atoms with Crippen molar-refractivity contribution in [2.75, 3.05) is 24.6 Å². The van der Waals surface area contributed by atoms with E-state index in [1.165, 1.54) is 0 Å². The van der Waals surface area contributed by atoms with Crippen LogP contribution in [0, 0.1) is 5.92 Å². The maximum atomic E-state index is 12.6. The lowest BCUT2D eigenvalue weighted by Gasteiger charge is -2.17. The van der Waals surface area contributed by atoms with E-state index in [1.54, 1.807) is 36.1 Å². The highest BCUT2D eigenvalue weighted by Crippen LogP contribution is 2.26. The normalized spacial score (nSPS) is 16.0. The van der Waals surface area contributed by atoms with Crippen LogP contribution in [-0.4, -0.2) is 42.5 Å². The Bertz CT molecular complexity index is 1100. The summed E-state index contributed by atoms with van der Waals surface area (Å²) in [5, 5.41) is 4.12. The Morgan fingerprint density at radius 2 is 1.94 bits per heavy atom. The molecule has 0 aliphatic carbocycles. The van der Waals surface area contributed by atoms with Crippen molar-refractivity contribution in [3.8, 4) is 0 Å². The number of esters is 1. The van der Waals surface area contributed by atoms with E-state index in [0.29, 0.717) is 30.9 Å². The molecular weight excluding hydrogens is 394 g/mol. The summed E-state index contributed by atoms with van der Waals surface area (Å²) in [6, 6.07) is 14.8. The van der Waals surface area contributed by atoms with Crippen molar-refractivity contribution < 1.29 is 19.1 Å². The Balaban J connectivity index is 1.32. The molecule has 0 spiro atoms. The molecular formula is C24H25N3O4. The van der Waals surface area contributed by atoms with Crippen molar-refractivity contribution in [1.29, 1.82) is 0 Å². The van der Waals surface area contributed by atoms with Crippen LogP contribution in [-0.2, 0) is 20.7 Å². The van der Waals surface area contributed by atoms with Gasteiger partial charge in [0.15, 0.2) is 0 Å². The summed E-state index contributed by atoms with van der Waals surface area (Å²) in [5.41, 5.74) is 3.34. The van der Waals surface area contributed by atoms with Gasteiger partial charge in [-0.05, 0) is 49.2 Å². The smallest absolute Gasteiger partial charge is 0.338 e. The second kappa shape index (κ2) is 9.04. The fourth-order valence-corrected chi connectivity index (χ4v) is 3.93. The Hall–Kier alpha value is -3.61. The minimum absolute atomic E-state index is 0.0966. The Morgan fingerprint density at radius 3 is 2.71 bits per heavy atom. The van der Waals surface area contributed by atoms with E-state index in [-0.39, 0.29) is 24.2 Å². The number of carbonyl (C=O) groups excluding carboxylic acids is 3. The standard InChI is InChI=1S/C24H25N3O4/c1-2-31-24(30)16-7-9-19(10-8-16)27-15-18(13-22(27)28)23(29)25-12-11-17-14-26-21-6-4-3-5-20(17)21/h3-10,14,18,26H,2,11-13,15H2,1H3,(H,25,29). The van der Waals surface area contributed by atoms with Crippen LogP contribution in [0.2, 0.25) is 0 Å². The summed E-state index contributed by atoms with van der Waals surface area (Å²) in [7, 11) is 0. The van der Waals surface area contributed by atoms with Crippen LogP contribution in [0.1, 0.15) is 29.3 Å². The number of hydrogen-bond acceptors (Lipinski definition) is 4. The maximum Gasteiger partial charge on any atom is 0.338 e. The van der Waals surface area contributed by atoms with Crippen molar-refractivity contribution in [3.63, 3.8) is 0 Å². The Morgan fingerprint density at radius 1 is 1.16 bits per heavy atom. The van der Waals surface area contributed by atoms with Gasteiger partial charge < -0.3 is 19.9 Å². The number of amides is 2. The fraction of sp³-hybridized carbons (Fsp3) is 0.292. The number of ether oxygens (including phenoxy) is 1. The van der Waals surface area contributed by atoms with Crippen molar-refractivity contribution >= 4 is 34.4 Å². The SMILES string of the molecule is CCOC(=O)c1ccc(N2CC(C(=O)NCCc3c[nH]c4ccccc34)CC2=O)cc1. The van der Waals surface area contributed by atoms with Crippen LogP contribution < -0.4 is 10.2 Å². The lowest BCUT2D eigenvalue weighted by molar-refractivity contribution is -0.126. The number of H-pyrrole nitrogens is 1. The van der Waals surface area contributed by atoms with Gasteiger partial charge in [-0.2, -0.15) is 0 Å². The van der Waals surface area contributed by atoms with E-state index >= 15 is 0 Å². The number of carbonyl (C=O) groups is 3. The second-order valence-corrected chi connectivity index (χ2v) is 7.57. The van der Waals surface area contributed by atoms with Gasteiger partial charge in [-0.25, -0.2) is 4.79 Å². The molecule has 2 heterocycles. The van der Waals surface area contributed by atoms with Gasteiger partial charge in [-0.15, -0.1) is 0 Å². The molecule has 0 saturated carbocycles. The quantitative estimate of drug-likeness (QED) is 0.576. The van der Waals surface area contributed by atoms with Crippen LogP contribution in [0.5, 0.6) is 0 Å². The van der Waals surface area contributed by atoms with E-state index in [1.807, 2.05) is 24.4 Å². The van der Waals surface area contributed by atoms with Gasteiger partial charge in [0.05, 0.1) is 18.1 Å². The molecule has 1 aliphatic heterocycles. The van der Waals surface area contributed by atoms with Crippen LogP contribution in [0.4, 0.5) is 5.69 Å². The number of nitrogens with one attached hydrogen (secondary N) is 2. The van der Waals surface area contributed by atoms with E-state index in [0.717, 1.165) is 22.9 Å². The van der Waals surface area contributed by atoms with Crippen molar-refractivity contribution in [2.24, 2.45) is 5.92 Å². The number of anilines is 1.